The Morgan fingerprint density at radius 2 is 1.15 bits per heavy atom. The molecule has 6 rings (SSSR count). The van der Waals surface area contributed by atoms with E-state index in [0.717, 1.165) is 22.8 Å². The Morgan fingerprint density at radius 1 is 0.600 bits per heavy atom. The van der Waals surface area contributed by atoms with E-state index in [1.165, 1.54) is 49.4 Å². The molecule has 3 nitrogen and oxygen atoms in total. The highest BCUT2D eigenvalue weighted by atomic mass is 15.3. The van der Waals surface area contributed by atoms with Crippen LogP contribution < -0.4 is 0 Å². The summed E-state index contributed by atoms with van der Waals surface area (Å²) in [7, 11) is 0. The van der Waals surface area contributed by atoms with Crippen molar-refractivity contribution in [3.63, 3.8) is 0 Å². The van der Waals surface area contributed by atoms with E-state index in [4.69, 9.17) is 5.10 Å². The van der Waals surface area contributed by atoms with Crippen LogP contribution in [0.4, 0.5) is 0 Å². The fourth-order valence-corrected chi connectivity index (χ4v) is 5.72. The van der Waals surface area contributed by atoms with Crippen LogP contribution in [0.25, 0.3) is 49.9 Å². The number of nitrogens with one attached hydrogen (secondary N) is 1. The van der Waals surface area contributed by atoms with Crippen molar-refractivity contribution in [1.82, 2.24) is 14.8 Å². The summed E-state index contributed by atoms with van der Waals surface area (Å²) in [6.07, 6.45) is 2.04. The van der Waals surface area contributed by atoms with E-state index in [1.54, 1.807) is 0 Å². The van der Waals surface area contributed by atoms with E-state index < -0.39 is 0 Å². The zero-order chi connectivity index (χ0) is 28.4. The third kappa shape index (κ3) is 4.75. The van der Waals surface area contributed by atoms with Crippen molar-refractivity contribution < 1.29 is 0 Å². The van der Waals surface area contributed by atoms with E-state index in [2.05, 4.69) is 139 Å². The maximum atomic E-state index is 4.94. The van der Waals surface area contributed by atoms with Crippen LogP contribution in [0.1, 0.15) is 63.8 Å². The second kappa shape index (κ2) is 9.23. The van der Waals surface area contributed by atoms with Crippen molar-refractivity contribution in [3.8, 4) is 28.3 Å². The molecule has 0 radical (unpaired) electrons. The SMILES string of the molecule is Cc1cc(C)cc(-n2ccc(-c3ccc(-c4c5cc(C(C)(C)C)ccc5cc5ccc(C(C)(C)C)cc45)[nH]3)n2)c1. The quantitative estimate of drug-likeness (QED) is 0.229. The summed E-state index contributed by atoms with van der Waals surface area (Å²) in [6, 6.07) is 29.2. The zero-order valence-corrected chi connectivity index (χ0v) is 25.0. The molecule has 40 heavy (non-hydrogen) atoms. The van der Waals surface area contributed by atoms with Crippen molar-refractivity contribution in [2.75, 3.05) is 0 Å². The van der Waals surface area contributed by atoms with Crippen LogP contribution in [0, 0.1) is 13.8 Å². The van der Waals surface area contributed by atoms with E-state index in [0.29, 0.717) is 0 Å². The highest BCUT2D eigenvalue weighted by molar-refractivity contribution is 6.12. The van der Waals surface area contributed by atoms with Crippen molar-refractivity contribution in [2.45, 2.75) is 66.2 Å². The van der Waals surface area contributed by atoms with Gasteiger partial charge in [-0.05, 0) is 117 Å². The molecule has 2 heterocycles. The maximum Gasteiger partial charge on any atom is 0.109 e. The van der Waals surface area contributed by atoms with Gasteiger partial charge >= 0.3 is 0 Å². The molecule has 6 aromatic rings. The Morgan fingerprint density at radius 3 is 1.70 bits per heavy atom. The summed E-state index contributed by atoms with van der Waals surface area (Å²) in [5.74, 6) is 0. The summed E-state index contributed by atoms with van der Waals surface area (Å²) in [6.45, 7) is 18.0. The first-order chi connectivity index (χ1) is 18.9. The second-order valence-electron chi connectivity index (χ2n) is 13.4. The molecule has 4 aromatic carbocycles. The molecule has 0 amide bonds. The van der Waals surface area contributed by atoms with Crippen molar-refractivity contribution in [2.24, 2.45) is 0 Å². The maximum absolute atomic E-state index is 4.94. The lowest BCUT2D eigenvalue weighted by molar-refractivity contribution is 0.591. The number of benzene rings is 4. The monoisotopic (exact) mass is 525 g/mol. The van der Waals surface area contributed by atoms with Crippen molar-refractivity contribution in [3.05, 3.63) is 107 Å². The van der Waals surface area contributed by atoms with Crippen LogP contribution in [0.3, 0.4) is 0 Å². The van der Waals surface area contributed by atoms with Crippen LogP contribution in [0.15, 0.2) is 85.1 Å². The zero-order valence-electron chi connectivity index (χ0n) is 25.0. The van der Waals surface area contributed by atoms with E-state index in [-0.39, 0.29) is 10.8 Å². The Bertz CT molecular complexity index is 1790. The lowest BCUT2D eigenvalue weighted by Gasteiger charge is -2.22. The summed E-state index contributed by atoms with van der Waals surface area (Å²) in [5, 5.41) is 10.0. The number of H-pyrrole nitrogens is 1. The first-order valence-corrected chi connectivity index (χ1v) is 14.2. The predicted octanol–water partition coefficient (Wildman–Crippen LogP) is 10.1. The molecule has 202 valence electrons. The topological polar surface area (TPSA) is 33.6 Å². The first-order valence-electron chi connectivity index (χ1n) is 14.2. The highest BCUT2D eigenvalue weighted by Crippen LogP contribution is 2.40. The van der Waals surface area contributed by atoms with Crippen LogP contribution in [-0.4, -0.2) is 14.8 Å². The van der Waals surface area contributed by atoms with Crippen LogP contribution >= 0.6 is 0 Å². The number of hydrogen-bond acceptors (Lipinski definition) is 1. The minimum atomic E-state index is 0.0650. The Labute approximate surface area is 237 Å². The molecule has 0 bridgehead atoms. The van der Waals surface area contributed by atoms with Gasteiger partial charge in [-0.15, -0.1) is 0 Å². The van der Waals surface area contributed by atoms with Gasteiger partial charge in [-0.1, -0.05) is 71.9 Å². The molecular weight excluding hydrogens is 486 g/mol. The normalized spacial score (nSPS) is 12.5. The molecular formula is C37H39N3. The molecule has 3 heteroatoms. The molecule has 0 spiro atoms. The lowest BCUT2D eigenvalue weighted by Crippen LogP contribution is -2.11. The van der Waals surface area contributed by atoms with Gasteiger partial charge in [0, 0.05) is 17.5 Å². The number of fused-ring (bicyclic) bond motifs is 2. The number of nitrogens with zero attached hydrogens (tertiary/aromatic N) is 2. The summed E-state index contributed by atoms with van der Waals surface area (Å²) in [4.78, 5) is 3.76. The van der Waals surface area contributed by atoms with Crippen LogP contribution in [0.2, 0.25) is 0 Å². The third-order valence-corrected chi connectivity index (χ3v) is 7.98. The number of aryl methyl sites for hydroxylation is 2. The standard InChI is InChI=1S/C37H39N3/c1-23-17-24(2)19-29(18-23)40-16-15-33(39-40)32-13-14-34(38-32)35-30-21-27(36(3,4)5)11-9-25(30)20-26-10-12-28(22-31(26)35)37(6,7)8/h9-22,38H,1-8H3. The van der Waals surface area contributed by atoms with Gasteiger partial charge in [-0.3, -0.25) is 0 Å². The second-order valence-corrected chi connectivity index (χ2v) is 13.4. The van der Waals surface area contributed by atoms with E-state index in [1.807, 2.05) is 10.9 Å². The fourth-order valence-electron chi connectivity index (χ4n) is 5.72. The number of aromatic amines is 1. The van der Waals surface area contributed by atoms with Crippen LogP contribution in [0.5, 0.6) is 0 Å². The van der Waals surface area contributed by atoms with Gasteiger partial charge in [0.25, 0.3) is 0 Å². The van der Waals surface area contributed by atoms with Gasteiger partial charge < -0.3 is 4.98 Å². The van der Waals surface area contributed by atoms with E-state index >= 15 is 0 Å². The average molecular weight is 526 g/mol. The first kappa shape index (κ1) is 26.1. The number of aromatic nitrogens is 3. The molecule has 0 unspecified atom stereocenters. The van der Waals surface area contributed by atoms with Gasteiger partial charge in [-0.2, -0.15) is 5.10 Å². The molecule has 1 N–H and O–H groups in total. The Hall–Kier alpha value is -4.11. The molecule has 0 atom stereocenters. The molecule has 0 saturated heterocycles. The lowest BCUT2D eigenvalue weighted by atomic mass is 9.82. The number of hydrogen-bond donors (Lipinski definition) is 1. The van der Waals surface area contributed by atoms with Gasteiger partial charge in [0.2, 0.25) is 0 Å². The highest BCUT2D eigenvalue weighted by Gasteiger charge is 2.20. The van der Waals surface area contributed by atoms with Gasteiger partial charge in [0.1, 0.15) is 5.69 Å². The number of rotatable bonds is 3. The van der Waals surface area contributed by atoms with Gasteiger partial charge in [0.15, 0.2) is 0 Å². The minimum Gasteiger partial charge on any atom is -0.353 e. The van der Waals surface area contributed by atoms with Crippen molar-refractivity contribution in [1.29, 1.82) is 0 Å². The molecule has 0 aliphatic carbocycles. The molecule has 0 saturated carbocycles. The smallest absolute Gasteiger partial charge is 0.109 e. The van der Waals surface area contributed by atoms with Crippen molar-refractivity contribution >= 4 is 21.5 Å². The Balaban J connectivity index is 1.54. The van der Waals surface area contributed by atoms with Gasteiger partial charge in [0.05, 0.1) is 11.4 Å². The average Bonchev–Trinajstić information content (AvgIpc) is 3.55. The van der Waals surface area contributed by atoms with Crippen LogP contribution in [-0.2, 0) is 10.8 Å². The minimum absolute atomic E-state index is 0.0650. The third-order valence-electron chi connectivity index (χ3n) is 7.98. The summed E-state index contributed by atoms with van der Waals surface area (Å²) in [5.41, 5.74) is 10.7. The molecule has 0 fully saturated rings. The predicted molar refractivity (Wildman–Crippen MR) is 171 cm³/mol. The summed E-state index contributed by atoms with van der Waals surface area (Å²) >= 11 is 0. The Kier molecular flexibility index (Phi) is 6.03. The molecule has 0 aliphatic rings. The fraction of sp³-hybridized carbons (Fsp3) is 0.270. The molecule has 2 aromatic heterocycles. The summed E-state index contributed by atoms with van der Waals surface area (Å²) < 4.78 is 1.97. The van der Waals surface area contributed by atoms with E-state index in [9.17, 15) is 0 Å². The molecule has 0 aliphatic heterocycles. The van der Waals surface area contributed by atoms with Gasteiger partial charge in [-0.25, -0.2) is 4.68 Å². The largest absolute Gasteiger partial charge is 0.353 e.